The first-order chi connectivity index (χ1) is 7.66. The van der Waals surface area contributed by atoms with Crippen LogP contribution < -0.4 is 0 Å². The van der Waals surface area contributed by atoms with Crippen LogP contribution in [0.4, 0.5) is 0 Å². The van der Waals surface area contributed by atoms with Crippen molar-refractivity contribution in [3.05, 3.63) is 0 Å². The lowest BCUT2D eigenvalue weighted by Crippen LogP contribution is -2.40. The Balaban J connectivity index is 2.16. The van der Waals surface area contributed by atoms with E-state index in [4.69, 9.17) is 14.2 Å². The Morgan fingerprint density at radius 2 is 1.81 bits per heavy atom. The molecule has 1 rings (SSSR count). The summed E-state index contributed by atoms with van der Waals surface area (Å²) in [4.78, 5) is 0. The number of hydrogen-bond donors (Lipinski definition) is 0. The maximum Gasteiger partial charge on any atom is 0.160 e. The van der Waals surface area contributed by atoms with Crippen molar-refractivity contribution < 1.29 is 14.2 Å². The third-order valence-corrected chi connectivity index (χ3v) is 3.54. The third kappa shape index (κ3) is 4.04. The summed E-state index contributed by atoms with van der Waals surface area (Å²) in [5.74, 6) is 1.76. The van der Waals surface area contributed by atoms with Crippen LogP contribution >= 0.6 is 0 Å². The van der Waals surface area contributed by atoms with Gasteiger partial charge in [-0.15, -0.1) is 0 Å². The zero-order valence-electron chi connectivity index (χ0n) is 11.1. The van der Waals surface area contributed by atoms with E-state index in [1.54, 1.807) is 0 Å². The summed E-state index contributed by atoms with van der Waals surface area (Å²) >= 11 is 0. The van der Waals surface area contributed by atoms with E-state index in [2.05, 4.69) is 27.7 Å². The van der Waals surface area contributed by atoms with E-state index >= 15 is 0 Å². The quantitative estimate of drug-likeness (QED) is 0.657. The highest BCUT2D eigenvalue weighted by atomic mass is 16.7. The maximum absolute atomic E-state index is 5.71. The zero-order valence-corrected chi connectivity index (χ0v) is 11.1. The van der Waals surface area contributed by atoms with Crippen LogP contribution in [0.1, 0.15) is 34.1 Å². The van der Waals surface area contributed by atoms with Crippen LogP contribution in [0.25, 0.3) is 0 Å². The largest absolute Gasteiger partial charge is 0.379 e. The van der Waals surface area contributed by atoms with Crippen LogP contribution in [0, 0.1) is 17.8 Å². The van der Waals surface area contributed by atoms with E-state index in [1.807, 2.05) is 0 Å². The third-order valence-electron chi connectivity index (χ3n) is 3.54. The molecule has 1 heterocycles. The monoisotopic (exact) mass is 230 g/mol. The molecule has 1 aliphatic rings. The van der Waals surface area contributed by atoms with Crippen molar-refractivity contribution in [1.29, 1.82) is 0 Å². The Kier molecular flexibility index (Phi) is 6.32. The van der Waals surface area contributed by atoms with Gasteiger partial charge in [0.2, 0.25) is 0 Å². The summed E-state index contributed by atoms with van der Waals surface area (Å²) in [6.45, 7) is 11.8. The molecule has 1 aliphatic heterocycles. The predicted octanol–water partition coefficient (Wildman–Crippen LogP) is 2.69. The normalized spacial score (nSPS) is 35.2. The van der Waals surface area contributed by atoms with Gasteiger partial charge in [0.25, 0.3) is 0 Å². The maximum atomic E-state index is 5.71. The van der Waals surface area contributed by atoms with Crippen LogP contribution in [0.3, 0.4) is 0 Å². The second-order valence-electron chi connectivity index (χ2n) is 4.88. The fourth-order valence-electron chi connectivity index (χ4n) is 1.99. The first-order valence-electron chi connectivity index (χ1n) is 6.47. The van der Waals surface area contributed by atoms with Gasteiger partial charge in [-0.1, -0.05) is 27.7 Å². The summed E-state index contributed by atoms with van der Waals surface area (Å²) in [7, 11) is 0. The minimum absolute atomic E-state index is 0.0450. The van der Waals surface area contributed by atoms with Gasteiger partial charge in [-0.3, -0.25) is 0 Å². The second-order valence-corrected chi connectivity index (χ2v) is 4.88. The molecule has 0 bridgehead atoms. The molecule has 0 aromatic carbocycles. The van der Waals surface area contributed by atoms with Gasteiger partial charge < -0.3 is 14.2 Å². The molecule has 1 unspecified atom stereocenters. The van der Waals surface area contributed by atoms with E-state index in [1.165, 1.54) is 0 Å². The Morgan fingerprint density at radius 3 is 2.50 bits per heavy atom. The van der Waals surface area contributed by atoms with Gasteiger partial charge in [0.05, 0.1) is 19.8 Å². The minimum atomic E-state index is -0.0450. The van der Waals surface area contributed by atoms with Crippen molar-refractivity contribution in [2.75, 3.05) is 26.4 Å². The topological polar surface area (TPSA) is 27.7 Å². The summed E-state index contributed by atoms with van der Waals surface area (Å²) in [5.41, 5.74) is 0. The fraction of sp³-hybridized carbons (Fsp3) is 1.00. The van der Waals surface area contributed by atoms with Gasteiger partial charge in [-0.25, -0.2) is 0 Å². The molecule has 96 valence electrons. The standard InChI is InChI=1S/C13H26O3/c1-5-6-14-7-8-15-13-12(4)11(3)10(2)9-16-13/h10-13H,5-9H2,1-4H3/t10-,11+,12?,13-/m1/s1. The lowest BCUT2D eigenvalue weighted by molar-refractivity contribution is -0.220. The summed E-state index contributed by atoms with van der Waals surface area (Å²) in [5, 5.41) is 0. The van der Waals surface area contributed by atoms with Gasteiger partial charge in [-0.05, 0) is 18.3 Å². The van der Waals surface area contributed by atoms with Gasteiger partial charge >= 0.3 is 0 Å². The summed E-state index contributed by atoms with van der Waals surface area (Å²) in [6.07, 6.45) is 1.02. The van der Waals surface area contributed by atoms with Crippen LogP contribution in [0.2, 0.25) is 0 Å². The predicted molar refractivity (Wildman–Crippen MR) is 64.3 cm³/mol. The number of ether oxygens (including phenoxy) is 3. The van der Waals surface area contributed by atoms with E-state index in [0.717, 1.165) is 19.6 Å². The van der Waals surface area contributed by atoms with Gasteiger partial charge in [0, 0.05) is 12.5 Å². The highest BCUT2D eigenvalue weighted by Gasteiger charge is 2.32. The Morgan fingerprint density at radius 1 is 1.06 bits per heavy atom. The molecule has 3 heteroatoms. The van der Waals surface area contributed by atoms with Crippen molar-refractivity contribution in [2.45, 2.75) is 40.4 Å². The molecular weight excluding hydrogens is 204 g/mol. The molecule has 0 saturated carbocycles. The molecule has 0 aromatic heterocycles. The number of rotatable bonds is 6. The van der Waals surface area contributed by atoms with Gasteiger partial charge in [0.15, 0.2) is 6.29 Å². The van der Waals surface area contributed by atoms with E-state index in [9.17, 15) is 0 Å². The fourth-order valence-corrected chi connectivity index (χ4v) is 1.99. The molecule has 4 atom stereocenters. The molecule has 16 heavy (non-hydrogen) atoms. The van der Waals surface area contributed by atoms with Crippen LogP contribution in [0.5, 0.6) is 0 Å². The Hall–Kier alpha value is -0.120. The van der Waals surface area contributed by atoms with Crippen molar-refractivity contribution in [2.24, 2.45) is 17.8 Å². The smallest absolute Gasteiger partial charge is 0.160 e. The summed E-state index contributed by atoms with van der Waals surface area (Å²) in [6, 6.07) is 0. The van der Waals surface area contributed by atoms with Crippen molar-refractivity contribution in [3.63, 3.8) is 0 Å². The Bertz CT molecular complexity index is 184. The zero-order chi connectivity index (χ0) is 12.0. The molecule has 0 spiro atoms. The van der Waals surface area contributed by atoms with E-state index < -0.39 is 0 Å². The van der Waals surface area contributed by atoms with Crippen molar-refractivity contribution in [1.82, 2.24) is 0 Å². The first kappa shape index (κ1) is 13.9. The van der Waals surface area contributed by atoms with Crippen LogP contribution in [-0.4, -0.2) is 32.7 Å². The van der Waals surface area contributed by atoms with Gasteiger partial charge in [-0.2, -0.15) is 0 Å². The SMILES string of the molecule is CCCOCCO[C@@H]1OC[C@@H](C)[C@H](C)C1C. The molecule has 0 aliphatic carbocycles. The molecular formula is C13H26O3. The minimum Gasteiger partial charge on any atom is -0.379 e. The second kappa shape index (κ2) is 7.25. The number of hydrogen-bond acceptors (Lipinski definition) is 3. The summed E-state index contributed by atoms with van der Waals surface area (Å²) < 4.78 is 16.8. The van der Waals surface area contributed by atoms with Gasteiger partial charge in [0.1, 0.15) is 0 Å². The van der Waals surface area contributed by atoms with E-state index in [0.29, 0.717) is 31.0 Å². The van der Waals surface area contributed by atoms with Crippen molar-refractivity contribution >= 4 is 0 Å². The molecule has 3 nitrogen and oxygen atoms in total. The van der Waals surface area contributed by atoms with Crippen molar-refractivity contribution in [3.8, 4) is 0 Å². The Labute approximate surface area is 99.5 Å². The molecule has 1 saturated heterocycles. The van der Waals surface area contributed by atoms with Crippen LogP contribution in [0.15, 0.2) is 0 Å². The molecule has 1 fully saturated rings. The van der Waals surface area contributed by atoms with Crippen LogP contribution in [-0.2, 0) is 14.2 Å². The highest BCUT2D eigenvalue weighted by molar-refractivity contribution is 4.75. The molecule has 0 radical (unpaired) electrons. The first-order valence-corrected chi connectivity index (χ1v) is 6.47. The molecule has 0 amide bonds. The molecule has 0 aromatic rings. The lowest BCUT2D eigenvalue weighted by atomic mass is 9.83. The lowest BCUT2D eigenvalue weighted by Gasteiger charge is -2.38. The van der Waals surface area contributed by atoms with E-state index in [-0.39, 0.29) is 6.29 Å². The average molecular weight is 230 g/mol. The molecule has 0 N–H and O–H groups in total. The highest BCUT2D eigenvalue weighted by Crippen LogP contribution is 2.30. The average Bonchev–Trinajstić information content (AvgIpc) is 2.28.